The molecule has 1 aliphatic heterocycles. The van der Waals surface area contributed by atoms with Crippen molar-refractivity contribution in [2.24, 2.45) is 0 Å². The van der Waals surface area contributed by atoms with Gasteiger partial charge in [0.25, 0.3) is 0 Å². The summed E-state index contributed by atoms with van der Waals surface area (Å²) in [5, 5.41) is 13.4. The van der Waals surface area contributed by atoms with Gasteiger partial charge < -0.3 is 15.2 Å². The second kappa shape index (κ2) is 5.93. The average Bonchev–Trinajstić information content (AvgIpc) is 2.27. The quantitative estimate of drug-likeness (QED) is 0.895. The van der Waals surface area contributed by atoms with Crippen LogP contribution in [0.15, 0.2) is 17.7 Å². The number of hydrogen-bond donors (Lipinski definition) is 2. The van der Waals surface area contributed by atoms with Crippen molar-refractivity contribution in [3.05, 3.63) is 33.3 Å². The van der Waals surface area contributed by atoms with Gasteiger partial charge in [0.05, 0.1) is 11.1 Å². The lowest BCUT2D eigenvalue weighted by Crippen LogP contribution is -2.28. The van der Waals surface area contributed by atoms with Gasteiger partial charge in [-0.2, -0.15) is 0 Å². The average molecular weight is 288 g/mol. The highest BCUT2D eigenvalue weighted by atomic mass is 35.5. The van der Waals surface area contributed by atoms with Crippen LogP contribution in [0.2, 0.25) is 10.0 Å². The molecule has 2 rings (SSSR count). The molecule has 0 amide bonds. The van der Waals surface area contributed by atoms with Crippen molar-refractivity contribution < 1.29 is 9.84 Å². The number of hydrogen-bond acceptors (Lipinski definition) is 3. The Labute approximate surface area is 116 Å². The molecule has 1 heterocycles. The predicted octanol–water partition coefficient (Wildman–Crippen LogP) is 2.74. The number of aliphatic hydroxyl groups is 1. The van der Waals surface area contributed by atoms with Crippen LogP contribution in [0.4, 0.5) is 0 Å². The van der Waals surface area contributed by atoms with Crippen molar-refractivity contribution in [2.45, 2.75) is 13.0 Å². The summed E-state index contributed by atoms with van der Waals surface area (Å²) in [5.74, 6) is 0.681. The van der Waals surface area contributed by atoms with E-state index in [1.165, 1.54) is 0 Å². The van der Waals surface area contributed by atoms with Crippen molar-refractivity contribution in [1.82, 2.24) is 5.32 Å². The standard InChI is InChI=1S/C13H15Cl2NO2/c1-8(17)5-16-6-9-2-10-3-11(14)4-12(15)13(10)18-7-9/h2-4,8,16-17H,5-7H2,1H3. The maximum atomic E-state index is 9.16. The summed E-state index contributed by atoms with van der Waals surface area (Å²) in [6.07, 6.45) is 1.66. The van der Waals surface area contributed by atoms with E-state index in [4.69, 9.17) is 33.0 Å². The SMILES string of the molecule is CC(O)CNCC1=Cc2cc(Cl)cc(Cl)c2OC1. The van der Waals surface area contributed by atoms with Gasteiger partial charge in [-0.1, -0.05) is 23.2 Å². The maximum absolute atomic E-state index is 9.16. The predicted molar refractivity (Wildman–Crippen MR) is 74.5 cm³/mol. The van der Waals surface area contributed by atoms with Gasteiger partial charge in [0, 0.05) is 23.7 Å². The minimum absolute atomic E-state index is 0.355. The van der Waals surface area contributed by atoms with Gasteiger partial charge in [-0.05, 0) is 30.7 Å². The molecule has 2 N–H and O–H groups in total. The van der Waals surface area contributed by atoms with E-state index in [0.29, 0.717) is 35.5 Å². The molecule has 0 aliphatic carbocycles. The van der Waals surface area contributed by atoms with Crippen LogP contribution in [-0.4, -0.2) is 30.9 Å². The summed E-state index contributed by atoms with van der Waals surface area (Å²) < 4.78 is 5.62. The summed E-state index contributed by atoms with van der Waals surface area (Å²) in [4.78, 5) is 0. The Morgan fingerprint density at radius 3 is 2.94 bits per heavy atom. The molecule has 1 aromatic rings. The molecule has 98 valence electrons. The third-order valence-electron chi connectivity index (χ3n) is 2.59. The second-order valence-corrected chi connectivity index (χ2v) is 5.22. The van der Waals surface area contributed by atoms with Gasteiger partial charge in [0.2, 0.25) is 0 Å². The number of aliphatic hydroxyl groups excluding tert-OH is 1. The van der Waals surface area contributed by atoms with Crippen LogP contribution in [0.1, 0.15) is 12.5 Å². The van der Waals surface area contributed by atoms with E-state index in [2.05, 4.69) is 5.32 Å². The molecule has 0 saturated heterocycles. The van der Waals surface area contributed by atoms with Gasteiger partial charge in [0.15, 0.2) is 0 Å². The first kappa shape index (κ1) is 13.7. The van der Waals surface area contributed by atoms with E-state index in [-0.39, 0.29) is 6.10 Å². The maximum Gasteiger partial charge on any atom is 0.145 e. The van der Waals surface area contributed by atoms with Crippen molar-refractivity contribution in [3.63, 3.8) is 0 Å². The number of fused-ring (bicyclic) bond motifs is 1. The minimum Gasteiger partial charge on any atom is -0.487 e. The lowest BCUT2D eigenvalue weighted by atomic mass is 10.1. The Morgan fingerprint density at radius 2 is 2.22 bits per heavy atom. The van der Waals surface area contributed by atoms with Crippen LogP contribution in [0.25, 0.3) is 6.08 Å². The van der Waals surface area contributed by atoms with Gasteiger partial charge in [-0.3, -0.25) is 0 Å². The molecule has 0 fully saturated rings. The zero-order valence-corrected chi connectivity index (χ0v) is 11.6. The molecule has 1 atom stereocenters. The molecule has 3 nitrogen and oxygen atoms in total. The Kier molecular flexibility index (Phi) is 4.51. The lowest BCUT2D eigenvalue weighted by Gasteiger charge is -2.20. The molecule has 0 radical (unpaired) electrons. The largest absolute Gasteiger partial charge is 0.487 e. The molecule has 5 heteroatoms. The lowest BCUT2D eigenvalue weighted by molar-refractivity contribution is 0.192. The first-order valence-corrected chi connectivity index (χ1v) is 6.52. The van der Waals surface area contributed by atoms with E-state index in [9.17, 15) is 0 Å². The number of halogens is 2. The van der Waals surface area contributed by atoms with Crippen LogP contribution in [0.5, 0.6) is 5.75 Å². The molecule has 18 heavy (non-hydrogen) atoms. The molecule has 0 aromatic heterocycles. The second-order valence-electron chi connectivity index (χ2n) is 4.38. The fourth-order valence-corrected chi connectivity index (χ4v) is 2.37. The summed E-state index contributed by atoms with van der Waals surface area (Å²) in [5.41, 5.74) is 1.99. The summed E-state index contributed by atoms with van der Waals surface area (Å²) >= 11 is 12.0. The fraction of sp³-hybridized carbons (Fsp3) is 0.385. The van der Waals surface area contributed by atoms with Crippen LogP contribution < -0.4 is 10.1 Å². The number of ether oxygens (including phenoxy) is 1. The summed E-state index contributed by atoms with van der Waals surface area (Å²) in [7, 11) is 0. The third-order valence-corrected chi connectivity index (χ3v) is 3.09. The molecular formula is C13H15Cl2NO2. The molecule has 1 unspecified atom stereocenters. The van der Waals surface area contributed by atoms with Gasteiger partial charge >= 0.3 is 0 Å². The van der Waals surface area contributed by atoms with Crippen molar-refractivity contribution in [1.29, 1.82) is 0 Å². The summed E-state index contributed by atoms with van der Waals surface area (Å²) in [6, 6.07) is 3.50. The minimum atomic E-state index is -0.355. The first-order valence-electron chi connectivity index (χ1n) is 5.76. The van der Waals surface area contributed by atoms with Crippen LogP contribution in [0.3, 0.4) is 0 Å². The van der Waals surface area contributed by atoms with E-state index in [1.807, 2.05) is 12.1 Å². The number of nitrogens with one attached hydrogen (secondary N) is 1. The Morgan fingerprint density at radius 1 is 1.44 bits per heavy atom. The van der Waals surface area contributed by atoms with Crippen molar-refractivity contribution in [3.8, 4) is 5.75 Å². The Hall–Kier alpha value is -0.740. The first-order chi connectivity index (χ1) is 8.56. The Bertz CT molecular complexity index is 472. The van der Waals surface area contributed by atoms with E-state index in [1.54, 1.807) is 13.0 Å². The zero-order chi connectivity index (χ0) is 13.1. The molecule has 1 aromatic carbocycles. The molecule has 0 saturated carbocycles. The number of benzene rings is 1. The highest BCUT2D eigenvalue weighted by molar-refractivity contribution is 6.36. The van der Waals surface area contributed by atoms with Gasteiger partial charge in [-0.25, -0.2) is 0 Å². The van der Waals surface area contributed by atoms with E-state index < -0.39 is 0 Å². The number of rotatable bonds is 4. The van der Waals surface area contributed by atoms with E-state index >= 15 is 0 Å². The zero-order valence-electron chi connectivity index (χ0n) is 10.0. The van der Waals surface area contributed by atoms with Crippen LogP contribution >= 0.6 is 23.2 Å². The van der Waals surface area contributed by atoms with Crippen LogP contribution in [0, 0.1) is 0 Å². The monoisotopic (exact) mass is 287 g/mol. The normalized spacial score (nSPS) is 15.7. The highest BCUT2D eigenvalue weighted by Gasteiger charge is 2.15. The van der Waals surface area contributed by atoms with Crippen molar-refractivity contribution in [2.75, 3.05) is 19.7 Å². The van der Waals surface area contributed by atoms with Crippen molar-refractivity contribution >= 4 is 29.3 Å². The third kappa shape index (κ3) is 3.39. The molecule has 0 bridgehead atoms. The van der Waals surface area contributed by atoms with Gasteiger partial charge in [0.1, 0.15) is 12.4 Å². The molecular weight excluding hydrogens is 273 g/mol. The fourth-order valence-electron chi connectivity index (χ4n) is 1.81. The highest BCUT2D eigenvalue weighted by Crippen LogP contribution is 2.36. The smallest absolute Gasteiger partial charge is 0.145 e. The molecule has 1 aliphatic rings. The molecule has 0 spiro atoms. The van der Waals surface area contributed by atoms with Crippen LogP contribution in [-0.2, 0) is 0 Å². The van der Waals surface area contributed by atoms with Gasteiger partial charge in [-0.15, -0.1) is 0 Å². The summed E-state index contributed by atoms with van der Waals surface area (Å²) in [6.45, 7) is 3.48. The van der Waals surface area contributed by atoms with E-state index in [0.717, 1.165) is 11.1 Å². The topological polar surface area (TPSA) is 41.5 Å². The Balaban J connectivity index is 2.10.